The van der Waals surface area contributed by atoms with Crippen LogP contribution in [0.5, 0.6) is 0 Å². The summed E-state index contributed by atoms with van der Waals surface area (Å²) in [7, 11) is 0. The predicted molar refractivity (Wildman–Crippen MR) is 69.2 cm³/mol. The Bertz CT molecular complexity index is 561. The molecule has 0 spiro atoms. The lowest BCUT2D eigenvalue weighted by Gasteiger charge is -2.05. The summed E-state index contributed by atoms with van der Waals surface area (Å²) >= 11 is 0. The van der Waals surface area contributed by atoms with E-state index >= 15 is 0 Å². The molecule has 0 aromatic carbocycles. The zero-order valence-electron chi connectivity index (χ0n) is 10.3. The van der Waals surface area contributed by atoms with Crippen LogP contribution in [0.1, 0.15) is 30.2 Å². The van der Waals surface area contributed by atoms with Gasteiger partial charge in [-0.05, 0) is 19.9 Å². The van der Waals surface area contributed by atoms with Gasteiger partial charge in [0.2, 0.25) is 0 Å². The van der Waals surface area contributed by atoms with E-state index in [2.05, 4.69) is 15.4 Å². The Hall–Kier alpha value is -2.37. The van der Waals surface area contributed by atoms with E-state index in [0.29, 0.717) is 16.9 Å². The lowest BCUT2D eigenvalue weighted by Crippen LogP contribution is -2.14. The van der Waals surface area contributed by atoms with Crippen LogP contribution in [0, 0.1) is 0 Å². The van der Waals surface area contributed by atoms with Gasteiger partial charge in [-0.15, -0.1) is 0 Å². The van der Waals surface area contributed by atoms with Crippen molar-refractivity contribution in [1.82, 2.24) is 14.8 Å². The Morgan fingerprint density at radius 3 is 2.83 bits per heavy atom. The average Bonchev–Trinajstić information content (AvgIpc) is 2.78. The van der Waals surface area contributed by atoms with Crippen LogP contribution < -0.4 is 11.1 Å². The molecule has 3 N–H and O–H groups in total. The van der Waals surface area contributed by atoms with Crippen LogP contribution in [0.4, 0.5) is 11.4 Å². The lowest BCUT2D eigenvalue weighted by atomic mass is 10.2. The molecule has 0 fully saturated rings. The SMILES string of the molecule is CC(C)n1cc(NC(=O)c2cnccc2N)cn1. The summed E-state index contributed by atoms with van der Waals surface area (Å²) in [5, 5.41) is 6.87. The Morgan fingerprint density at radius 2 is 2.22 bits per heavy atom. The molecule has 0 radical (unpaired) electrons. The fourth-order valence-electron chi connectivity index (χ4n) is 1.48. The van der Waals surface area contributed by atoms with Crippen molar-refractivity contribution in [2.24, 2.45) is 0 Å². The molecular formula is C12H15N5O. The third-order valence-corrected chi connectivity index (χ3v) is 2.49. The minimum Gasteiger partial charge on any atom is -0.398 e. The van der Waals surface area contributed by atoms with Crippen LogP contribution in [-0.2, 0) is 0 Å². The van der Waals surface area contributed by atoms with E-state index in [0.717, 1.165) is 0 Å². The number of pyridine rings is 1. The van der Waals surface area contributed by atoms with Gasteiger partial charge in [-0.3, -0.25) is 14.5 Å². The first-order valence-corrected chi connectivity index (χ1v) is 5.63. The van der Waals surface area contributed by atoms with Gasteiger partial charge in [0.25, 0.3) is 5.91 Å². The van der Waals surface area contributed by atoms with Crippen molar-refractivity contribution in [2.45, 2.75) is 19.9 Å². The quantitative estimate of drug-likeness (QED) is 0.861. The number of anilines is 2. The second-order valence-corrected chi connectivity index (χ2v) is 4.22. The summed E-state index contributed by atoms with van der Waals surface area (Å²) in [6.07, 6.45) is 6.36. The number of nitrogens with two attached hydrogens (primary N) is 1. The third kappa shape index (κ3) is 2.48. The molecule has 2 heterocycles. The fraction of sp³-hybridized carbons (Fsp3) is 0.250. The van der Waals surface area contributed by atoms with Crippen LogP contribution >= 0.6 is 0 Å². The number of nitrogen functional groups attached to an aromatic ring is 1. The Balaban J connectivity index is 2.14. The summed E-state index contributed by atoms with van der Waals surface area (Å²) in [5.41, 5.74) is 7.10. The van der Waals surface area contributed by atoms with Crippen molar-refractivity contribution in [3.63, 3.8) is 0 Å². The largest absolute Gasteiger partial charge is 0.398 e. The maximum absolute atomic E-state index is 11.9. The van der Waals surface area contributed by atoms with Crippen LogP contribution in [0.15, 0.2) is 30.9 Å². The third-order valence-electron chi connectivity index (χ3n) is 2.49. The highest BCUT2D eigenvalue weighted by atomic mass is 16.1. The zero-order valence-corrected chi connectivity index (χ0v) is 10.3. The van der Waals surface area contributed by atoms with Crippen molar-refractivity contribution >= 4 is 17.3 Å². The van der Waals surface area contributed by atoms with E-state index in [1.165, 1.54) is 6.20 Å². The molecule has 2 aromatic heterocycles. The molecule has 94 valence electrons. The molecule has 18 heavy (non-hydrogen) atoms. The number of amides is 1. The van der Waals surface area contributed by atoms with Gasteiger partial charge in [-0.25, -0.2) is 0 Å². The molecule has 0 aliphatic rings. The van der Waals surface area contributed by atoms with Crippen molar-refractivity contribution in [3.8, 4) is 0 Å². The molecule has 0 atom stereocenters. The highest BCUT2D eigenvalue weighted by Gasteiger charge is 2.11. The standard InChI is InChI=1S/C12H15N5O/c1-8(2)17-7-9(5-15-17)16-12(18)10-6-14-4-3-11(10)13/h3-8H,1-2H3,(H2,13,14)(H,16,18). The number of carbonyl (C=O) groups excluding carboxylic acids is 1. The average molecular weight is 245 g/mol. The second-order valence-electron chi connectivity index (χ2n) is 4.22. The fourth-order valence-corrected chi connectivity index (χ4v) is 1.48. The van der Waals surface area contributed by atoms with Gasteiger partial charge in [0, 0.05) is 30.3 Å². The monoisotopic (exact) mass is 245 g/mol. The summed E-state index contributed by atoms with van der Waals surface area (Å²) in [4.78, 5) is 15.8. The van der Waals surface area contributed by atoms with Crippen molar-refractivity contribution in [3.05, 3.63) is 36.4 Å². The van der Waals surface area contributed by atoms with Gasteiger partial charge in [-0.2, -0.15) is 5.10 Å². The molecule has 6 heteroatoms. The molecule has 0 saturated carbocycles. The minimum absolute atomic E-state index is 0.249. The summed E-state index contributed by atoms with van der Waals surface area (Å²) in [6.45, 7) is 4.02. The Kier molecular flexibility index (Phi) is 3.27. The topological polar surface area (TPSA) is 85.8 Å². The van der Waals surface area contributed by atoms with Crippen LogP contribution in [0.3, 0.4) is 0 Å². The van der Waals surface area contributed by atoms with Crippen molar-refractivity contribution < 1.29 is 4.79 Å². The summed E-state index contributed by atoms with van der Waals surface area (Å²) in [5.74, 6) is -0.288. The van der Waals surface area contributed by atoms with Crippen molar-refractivity contribution in [2.75, 3.05) is 11.1 Å². The Labute approximate surface area is 105 Å². The first-order valence-electron chi connectivity index (χ1n) is 5.63. The van der Waals surface area contributed by atoms with E-state index in [-0.39, 0.29) is 11.9 Å². The Morgan fingerprint density at radius 1 is 1.44 bits per heavy atom. The minimum atomic E-state index is -0.288. The first kappa shape index (κ1) is 12.1. The smallest absolute Gasteiger partial charge is 0.259 e. The zero-order chi connectivity index (χ0) is 13.1. The van der Waals surface area contributed by atoms with E-state index in [4.69, 9.17) is 5.73 Å². The number of nitrogens with zero attached hydrogens (tertiary/aromatic N) is 3. The van der Waals surface area contributed by atoms with Gasteiger partial charge in [0.05, 0.1) is 17.4 Å². The molecule has 2 aromatic rings. The van der Waals surface area contributed by atoms with Gasteiger partial charge >= 0.3 is 0 Å². The number of aromatic nitrogens is 3. The number of nitrogens with one attached hydrogen (secondary N) is 1. The maximum Gasteiger partial charge on any atom is 0.259 e. The van der Waals surface area contributed by atoms with Gasteiger partial charge < -0.3 is 11.1 Å². The van der Waals surface area contributed by atoms with E-state index in [1.807, 2.05) is 13.8 Å². The number of rotatable bonds is 3. The molecule has 2 rings (SSSR count). The molecule has 0 saturated heterocycles. The van der Waals surface area contributed by atoms with Gasteiger partial charge in [0.15, 0.2) is 0 Å². The molecule has 1 amide bonds. The normalized spacial score (nSPS) is 10.6. The lowest BCUT2D eigenvalue weighted by molar-refractivity contribution is 0.102. The van der Waals surface area contributed by atoms with E-state index < -0.39 is 0 Å². The van der Waals surface area contributed by atoms with Crippen LogP contribution in [-0.4, -0.2) is 20.7 Å². The number of carbonyl (C=O) groups is 1. The highest BCUT2D eigenvalue weighted by Crippen LogP contribution is 2.14. The second kappa shape index (κ2) is 4.87. The molecule has 6 nitrogen and oxygen atoms in total. The maximum atomic E-state index is 11.9. The van der Waals surface area contributed by atoms with Crippen LogP contribution in [0.2, 0.25) is 0 Å². The van der Waals surface area contributed by atoms with Crippen LogP contribution in [0.25, 0.3) is 0 Å². The molecule has 0 bridgehead atoms. The van der Waals surface area contributed by atoms with Gasteiger partial charge in [0.1, 0.15) is 0 Å². The van der Waals surface area contributed by atoms with E-state index in [1.54, 1.807) is 29.3 Å². The first-order chi connectivity index (χ1) is 8.58. The van der Waals surface area contributed by atoms with E-state index in [9.17, 15) is 4.79 Å². The summed E-state index contributed by atoms with van der Waals surface area (Å²) < 4.78 is 1.77. The van der Waals surface area contributed by atoms with Crippen molar-refractivity contribution in [1.29, 1.82) is 0 Å². The molecule has 0 unspecified atom stereocenters. The molecule has 0 aliphatic heterocycles. The highest BCUT2D eigenvalue weighted by molar-refractivity contribution is 6.07. The number of hydrogen-bond acceptors (Lipinski definition) is 4. The molecule has 0 aliphatic carbocycles. The predicted octanol–water partition coefficient (Wildman–Crippen LogP) is 1.69. The van der Waals surface area contributed by atoms with Gasteiger partial charge in [-0.1, -0.05) is 0 Å². The number of hydrogen-bond donors (Lipinski definition) is 2. The summed E-state index contributed by atoms with van der Waals surface area (Å²) in [6, 6.07) is 1.84. The molecular weight excluding hydrogens is 230 g/mol.